The summed E-state index contributed by atoms with van der Waals surface area (Å²) < 4.78 is 1.31. The van der Waals surface area contributed by atoms with Crippen molar-refractivity contribution in [1.29, 1.82) is 0 Å². The fourth-order valence-corrected chi connectivity index (χ4v) is 2.53. The van der Waals surface area contributed by atoms with Gasteiger partial charge in [0.1, 0.15) is 0 Å². The van der Waals surface area contributed by atoms with E-state index in [9.17, 15) is 9.59 Å². The number of benzene rings is 2. The molecular formula is C20H20N4O2. The third-order valence-electron chi connectivity index (χ3n) is 3.78. The van der Waals surface area contributed by atoms with Crippen LogP contribution in [0.3, 0.4) is 0 Å². The van der Waals surface area contributed by atoms with Gasteiger partial charge in [0, 0.05) is 12.6 Å². The summed E-state index contributed by atoms with van der Waals surface area (Å²) in [6.07, 6.45) is 0.762. The average Bonchev–Trinajstić information content (AvgIpc) is 2.69. The summed E-state index contributed by atoms with van der Waals surface area (Å²) in [6.45, 7) is 2.43. The van der Waals surface area contributed by atoms with Gasteiger partial charge < -0.3 is 0 Å². The molecule has 2 aromatic carbocycles. The number of hydrazine groups is 1. The van der Waals surface area contributed by atoms with Crippen LogP contribution in [0.25, 0.3) is 0 Å². The van der Waals surface area contributed by atoms with E-state index in [4.69, 9.17) is 0 Å². The predicted molar refractivity (Wildman–Crippen MR) is 101 cm³/mol. The third-order valence-corrected chi connectivity index (χ3v) is 3.78. The molecule has 0 aliphatic carbocycles. The Hall–Kier alpha value is -3.41. The molecule has 0 saturated carbocycles. The zero-order valence-corrected chi connectivity index (χ0v) is 14.5. The van der Waals surface area contributed by atoms with E-state index in [-0.39, 0.29) is 17.2 Å². The zero-order chi connectivity index (χ0) is 18.4. The van der Waals surface area contributed by atoms with Crippen molar-refractivity contribution in [2.75, 3.05) is 5.01 Å². The predicted octanol–water partition coefficient (Wildman–Crippen LogP) is 3.14. The molecule has 1 amide bonds. The highest BCUT2D eigenvalue weighted by atomic mass is 16.2. The summed E-state index contributed by atoms with van der Waals surface area (Å²) in [6, 6.07) is 21.8. The quantitative estimate of drug-likeness (QED) is 0.695. The van der Waals surface area contributed by atoms with Gasteiger partial charge in [-0.1, -0.05) is 43.3 Å². The highest BCUT2D eigenvalue weighted by Crippen LogP contribution is 2.22. The number of carbonyl (C=O) groups is 1. The fourth-order valence-electron chi connectivity index (χ4n) is 2.53. The molecule has 0 aliphatic heterocycles. The number of aryl methyl sites for hydroxylation is 1. The third kappa shape index (κ3) is 3.97. The van der Waals surface area contributed by atoms with Crippen LogP contribution >= 0.6 is 0 Å². The van der Waals surface area contributed by atoms with Gasteiger partial charge >= 0.3 is 0 Å². The molecule has 132 valence electrons. The van der Waals surface area contributed by atoms with Crippen LogP contribution in [-0.4, -0.2) is 15.7 Å². The summed E-state index contributed by atoms with van der Waals surface area (Å²) in [5, 5.41) is 5.86. The van der Waals surface area contributed by atoms with Gasteiger partial charge in [0.05, 0.1) is 11.4 Å². The molecular weight excluding hydrogens is 328 g/mol. The molecule has 0 atom stereocenters. The Morgan fingerprint density at radius 3 is 2.08 bits per heavy atom. The van der Waals surface area contributed by atoms with Crippen LogP contribution in [0.1, 0.15) is 23.8 Å². The minimum Gasteiger partial charge on any atom is -0.268 e. The number of amides is 1. The first-order valence-electron chi connectivity index (χ1n) is 8.48. The molecule has 0 spiro atoms. The maximum atomic E-state index is 12.7. The summed E-state index contributed by atoms with van der Waals surface area (Å²) in [4.78, 5) is 24.5. The van der Waals surface area contributed by atoms with Crippen molar-refractivity contribution in [3.63, 3.8) is 0 Å². The molecule has 1 aromatic heterocycles. The van der Waals surface area contributed by atoms with Crippen LogP contribution in [-0.2, 0) is 6.54 Å². The Morgan fingerprint density at radius 1 is 0.962 bits per heavy atom. The first kappa shape index (κ1) is 17.4. The smallest absolute Gasteiger partial charge is 0.268 e. The van der Waals surface area contributed by atoms with E-state index in [0.29, 0.717) is 6.54 Å². The topological polar surface area (TPSA) is 67.2 Å². The molecule has 6 heteroatoms. The number of nitrogens with zero attached hydrogens (tertiary/aromatic N) is 3. The van der Waals surface area contributed by atoms with Crippen LogP contribution in [0.15, 0.2) is 77.6 Å². The average molecular weight is 348 g/mol. The normalized spacial score (nSPS) is 10.3. The number of nitrogens with one attached hydrogen (secondary N) is 1. The van der Waals surface area contributed by atoms with Crippen LogP contribution in [0.5, 0.6) is 0 Å². The number of aromatic nitrogens is 2. The number of hydrogen-bond donors (Lipinski definition) is 1. The standard InChI is InChI=1S/C20H20N4O2/c1-2-15-23-19(25)14-13-18(21-23)20(26)22-24(16-9-5-3-6-10-16)17-11-7-4-8-12-17/h3-14H,2,15H2,1H3,(H,22,26). The van der Waals surface area contributed by atoms with Gasteiger partial charge in [-0.2, -0.15) is 5.10 Å². The van der Waals surface area contributed by atoms with E-state index in [1.165, 1.54) is 16.8 Å². The maximum absolute atomic E-state index is 12.7. The second kappa shape index (κ2) is 8.11. The van der Waals surface area contributed by atoms with E-state index in [1.807, 2.05) is 67.6 Å². The number of para-hydroxylation sites is 2. The second-order valence-electron chi connectivity index (χ2n) is 5.73. The molecule has 6 nitrogen and oxygen atoms in total. The van der Waals surface area contributed by atoms with Crippen molar-refractivity contribution >= 4 is 17.3 Å². The number of rotatable bonds is 6. The van der Waals surface area contributed by atoms with Gasteiger partial charge in [0.15, 0.2) is 5.69 Å². The van der Waals surface area contributed by atoms with Gasteiger partial charge in [-0.3, -0.25) is 20.0 Å². The number of hydrogen-bond acceptors (Lipinski definition) is 4. The van der Waals surface area contributed by atoms with Crippen LogP contribution in [0.4, 0.5) is 11.4 Å². The van der Waals surface area contributed by atoms with Crippen LogP contribution in [0.2, 0.25) is 0 Å². The lowest BCUT2D eigenvalue weighted by Crippen LogP contribution is -2.40. The summed E-state index contributed by atoms with van der Waals surface area (Å²) in [7, 11) is 0. The monoisotopic (exact) mass is 348 g/mol. The van der Waals surface area contributed by atoms with Crippen molar-refractivity contribution in [3.8, 4) is 0 Å². The molecule has 0 fully saturated rings. The summed E-state index contributed by atoms with van der Waals surface area (Å²) in [5.41, 5.74) is 4.47. The Morgan fingerprint density at radius 2 is 1.54 bits per heavy atom. The lowest BCUT2D eigenvalue weighted by Gasteiger charge is -2.25. The van der Waals surface area contributed by atoms with Gasteiger partial charge in [0.2, 0.25) is 0 Å². The lowest BCUT2D eigenvalue weighted by atomic mass is 10.2. The minimum absolute atomic E-state index is 0.190. The number of carbonyl (C=O) groups excluding carboxylic acids is 1. The first-order chi connectivity index (χ1) is 12.7. The molecule has 1 N–H and O–H groups in total. The van der Waals surface area contributed by atoms with E-state index >= 15 is 0 Å². The molecule has 0 radical (unpaired) electrons. The van der Waals surface area contributed by atoms with Crippen molar-refractivity contribution in [1.82, 2.24) is 15.2 Å². The Labute approximate surface area is 151 Å². The fraction of sp³-hybridized carbons (Fsp3) is 0.150. The first-order valence-corrected chi connectivity index (χ1v) is 8.48. The van der Waals surface area contributed by atoms with Gasteiger partial charge in [-0.25, -0.2) is 4.68 Å². The molecule has 0 saturated heterocycles. The van der Waals surface area contributed by atoms with Crippen LogP contribution in [0, 0.1) is 0 Å². The summed E-state index contributed by atoms with van der Waals surface area (Å²) >= 11 is 0. The highest BCUT2D eigenvalue weighted by molar-refractivity contribution is 5.94. The van der Waals surface area contributed by atoms with Crippen molar-refractivity contribution < 1.29 is 4.79 Å². The van der Waals surface area contributed by atoms with E-state index in [1.54, 1.807) is 5.01 Å². The van der Waals surface area contributed by atoms with Gasteiger partial charge in [-0.15, -0.1) is 0 Å². The molecule has 3 aromatic rings. The highest BCUT2D eigenvalue weighted by Gasteiger charge is 2.16. The molecule has 0 bridgehead atoms. The van der Waals surface area contributed by atoms with Crippen molar-refractivity contribution in [2.24, 2.45) is 0 Å². The molecule has 1 heterocycles. The SMILES string of the molecule is CCCn1nc(C(=O)NN(c2ccccc2)c2ccccc2)ccc1=O. The molecule has 0 unspecified atom stereocenters. The molecule has 26 heavy (non-hydrogen) atoms. The maximum Gasteiger partial charge on any atom is 0.290 e. The Bertz CT molecular complexity index is 884. The van der Waals surface area contributed by atoms with E-state index in [2.05, 4.69) is 10.5 Å². The molecule has 3 rings (SSSR count). The largest absolute Gasteiger partial charge is 0.290 e. The van der Waals surface area contributed by atoms with Gasteiger partial charge in [0.25, 0.3) is 11.5 Å². The van der Waals surface area contributed by atoms with Crippen molar-refractivity contribution in [3.05, 3.63) is 88.8 Å². The van der Waals surface area contributed by atoms with Crippen LogP contribution < -0.4 is 16.0 Å². The summed E-state index contributed by atoms with van der Waals surface area (Å²) in [5.74, 6) is -0.387. The van der Waals surface area contributed by atoms with E-state index < -0.39 is 0 Å². The minimum atomic E-state index is -0.387. The second-order valence-corrected chi connectivity index (χ2v) is 5.73. The Kier molecular flexibility index (Phi) is 5.43. The number of anilines is 2. The van der Waals surface area contributed by atoms with Crippen molar-refractivity contribution in [2.45, 2.75) is 19.9 Å². The lowest BCUT2D eigenvalue weighted by molar-refractivity contribution is 0.0946. The van der Waals surface area contributed by atoms with Gasteiger partial charge in [-0.05, 0) is 36.8 Å². The molecule has 0 aliphatic rings. The zero-order valence-electron chi connectivity index (χ0n) is 14.5. The Balaban J connectivity index is 1.91. The van der Waals surface area contributed by atoms with E-state index in [0.717, 1.165) is 17.8 Å².